The summed E-state index contributed by atoms with van der Waals surface area (Å²) in [5, 5.41) is 14.4. The first-order valence-electron chi connectivity index (χ1n) is 7.52. The summed E-state index contributed by atoms with van der Waals surface area (Å²) < 4.78 is 7.06. The molecule has 0 aliphatic carbocycles. The van der Waals surface area contributed by atoms with E-state index in [0.29, 0.717) is 18.0 Å². The molecule has 8 heteroatoms. The second-order valence-corrected chi connectivity index (χ2v) is 6.23. The van der Waals surface area contributed by atoms with Gasteiger partial charge >= 0.3 is 6.01 Å². The number of carbonyl (C=O) groups is 1. The molecule has 0 radical (unpaired) electrons. The van der Waals surface area contributed by atoms with Gasteiger partial charge in [0.05, 0.1) is 0 Å². The molecule has 2 aromatic heterocycles. The van der Waals surface area contributed by atoms with Crippen molar-refractivity contribution >= 4 is 23.7 Å². The first-order chi connectivity index (χ1) is 11.7. The van der Waals surface area contributed by atoms with Gasteiger partial charge in [-0.3, -0.25) is 14.8 Å². The van der Waals surface area contributed by atoms with Crippen LogP contribution in [0, 0.1) is 0 Å². The highest BCUT2D eigenvalue weighted by atomic mass is 32.2. The molecular weight excluding hydrogens is 326 g/mol. The second-order valence-electron chi connectivity index (χ2n) is 5.07. The number of anilines is 1. The summed E-state index contributed by atoms with van der Waals surface area (Å²) in [6.07, 6.45) is 2.82. The fourth-order valence-electron chi connectivity index (χ4n) is 2.08. The molecule has 0 atom stereocenters. The van der Waals surface area contributed by atoms with Gasteiger partial charge in [0.25, 0.3) is 5.89 Å². The van der Waals surface area contributed by atoms with Gasteiger partial charge in [0.15, 0.2) is 0 Å². The number of carbonyl (C=O) groups excluding carboxylic acids is 1. The summed E-state index contributed by atoms with van der Waals surface area (Å²) in [7, 11) is 1.78. The van der Waals surface area contributed by atoms with Gasteiger partial charge in [-0.2, -0.15) is 5.10 Å². The predicted molar refractivity (Wildman–Crippen MR) is 91.5 cm³/mol. The minimum Gasteiger partial charge on any atom is -0.401 e. The number of nitrogens with zero attached hydrogens (tertiary/aromatic N) is 4. The van der Waals surface area contributed by atoms with Gasteiger partial charge in [-0.25, -0.2) is 0 Å². The van der Waals surface area contributed by atoms with Crippen LogP contribution in [0.3, 0.4) is 0 Å². The number of aryl methyl sites for hydroxylation is 1. The van der Waals surface area contributed by atoms with Crippen LogP contribution in [-0.2, 0) is 11.8 Å². The van der Waals surface area contributed by atoms with Crippen molar-refractivity contribution in [3.05, 3.63) is 42.6 Å². The zero-order valence-electron chi connectivity index (χ0n) is 13.2. The smallest absolute Gasteiger partial charge is 0.322 e. The Morgan fingerprint density at radius 1 is 1.25 bits per heavy atom. The Balaban J connectivity index is 1.44. The zero-order chi connectivity index (χ0) is 16.8. The van der Waals surface area contributed by atoms with Crippen LogP contribution in [0.15, 0.2) is 51.9 Å². The van der Waals surface area contributed by atoms with Crippen molar-refractivity contribution in [3.63, 3.8) is 0 Å². The van der Waals surface area contributed by atoms with Gasteiger partial charge in [-0.15, -0.1) is 16.9 Å². The Kier molecular flexibility index (Phi) is 5.27. The lowest BCUT2D eigenvalue weighted by Crippen LogP contribution is -2.11. The molecule has 1 amide bonds. The summed E-state index contributed by atoms with van der Waals surface area (Å²) >= 11 is 1.73. The molecule has 0 bridgehead atoms. The van der Waals surface area contributed by atoms with E-state index >= 15 is 0 Å². The summed E-state index contributed by atoms with van der Waals surface area (Å²) in [4.78, 5) is 13.1. The maximum absolute atomic E-state index is 11.9. The fourth-order valence-corrected chi connectivity index (χ4v) is 2.96. The molecule has 0 aliphatic heterocycles. The average Bonchev–Trinajstić information content (AvgIpc) is 3.21. The number of thioether (sulfide) groups is 1. The van der Waals surface area contributed by atoms with E-state index in [-0.39, 0.29) is 11.9 Å². The molecule has 0 saturated heterocycles. The molecular formula is C16H17N5O2S. The standard InChI is InChI=1S/C16H17N5O2S/c1-21-13(9-10-17-21)15-19-20-16(23-15)18-14(22)8-5-11-24-12-6-3-2-4-7-12/h2-4,6-7,9-10H,5,8,11H2,1H3,(H,18,20,22). The summed E-state index contributed by atoms with van der Waals surface area (Å²) in [6.45, 7) is 0. The Labute approximate surface area is 143 Å². The van der Waals surface area contributed by atoms with Gasteiger partial charge in [0.2, 0.25) is 5.91 Å². The van der Waals surface area contributed by atoms with Crippen molar-refractivity contribution in [3.8, 4) is 11.6 Å². The number of hydrogen-bond donors (Lipinski definition) is 1. The minimum atomic E-state index is -0.135. The van der Waals surface area contributed by atoms with Crippen LogP contribution in [0.4, 0.5) is 6.01 Å². The topological polar surface area (TPSA) is 85.8 Å². The molecule has 3 rings (SSSR count). The molecule has 0 aliphatic rings. The normalized spacial score (nSPS) is 10.7. The predicted octanol–water partition coefficient (Wildman–Crippen LogP) is 2.98. The molecule has 7 nitrogen and oxygen atoms in total. The van der Waals surface area contributed by atoms with Crippen LogP contribution < -0.4 is 5.32 Å². The lowest BCUT2D eigenvalue weighted by molar-refractivity contribution is -0.116. The number of rotatable bonds is 7. The van der Waals surface area contributed by atoms with E-state index in [0.717, 1.165) is 12.2 Å². The van der Waals surface area contributed by atoms with E-state index in [1.807, 2.05) is 18.2 Å². The monoisotopic (exact) mass is 343 g/mol. The lowest BCUT2D eigenvalue weighted by Gasteiger charge is -2.02. The third kappa shape index (κ3) is 4.23. The Hall–Kier alpha value is -2.61. The number of nitrogens with one attached hydrogen (secondary N) is 1. The van der Waals surface area contributed by atoms with Crippen molar-refractivity contribution in [2.75, 3.05) is 11.1 Å². The molecule has 0 saturated carbocycles. The Bertz CT molecular complexity index is 800. The van der Waals surface area contributed by atoms with E-state index < -0.39 is 0 Å². The van der Waals surface area contributed by atoms with Gasteiger partial charge < -0.3 is 4.42 Å². The average molecular weight is 343 g/mol. The highest BCUT2D eigenvalue weighted by molar-refractivity contribution is 7.99. The largest absolute Gasteiger partial charge is 0.401 e. The highest BCUT2D eigenvalue weighted by Gasteiger charge is 2.13. The van der Waals surface area contributed by atoms with E-state index in [1.54, 1.807) is 35.8 Å². The van der Waals surface area contributed by atoms with Crippen molar-refractivity contribution < 1.29 is 9.21 Å². The van der Waals surface area contributed by atoms with E-state index in [4.69, 9.17) is 4.42 Å². The van der Waals surface area contributed by atoms with Gasteiger partial charge in [-0.1, -0.05) is 23.3 Å². The van der Waals surface area contributed by atoms with Crippen LogP contribution in [0.2, 0.25) is 0 Å². The fraction of sp³-hybridized carbons (Fsp3) is 0.250. The van der Waals surface area contributed by atoms with Crippen molar-refractivity contribution in [1.29, 1.82) is 0 Å². The molecule has 3 aromatic rings. The first-order valence-corrected chi connectivity index (χ1v) is 8.50. The van der Waals surface area contributed by atoms with Crippen molar-refractivity contribution in [2.24, 2.45) is 7.05 Å². The number of benzene rings is 1. The molecule has 0 unspecified atom stereocenters. The molecule has 0 fully saturated rings. The SMILES string of the molecule is Cn1nccc1-c1nnc(NC(=O)CCCSc2ccccc2)o1. The number of aromatic nitrogens is 4. The minimum absolute atomic E-state index is 0.104. The third-order valence-electron chi connectivity index (χ3n) is 3.27. The van der Waals surface area contributed by atoms with Crippen LogP contribution in [-0.4, -0.2) is 31.6 Å². The van der Waals surface area contributed by atoms with Crippen LogP contribution in [0.1, 0.15) is 12.8 Å². The van der Waals surface area contributed by atoms with Gasteiger partial charge in [-0.05, 0) is 30.4 Å². The van der Waals surface area contributed by atoms with Crippen molar-refractivity contribution in [1.82, 2.24) is 20.0 Å². The van der Waals surface area contributed by atoms with Crippen LogP contribution in [0.25, 0.3) is 11.6 Å². The molecule has 0 spiro atoms. The van der Waals surface area contributed by atoms with E-state index in [2.05, 4.69) is 32.7 Å². The molecule has 2 heterocycles. The third-order valence-corrected chi connectivity index (χ3v) is 4.37. The first kappa shape index (κ1) is 16.3. The van der Waals surface area contributed by atoms with Crippen molar-refractivity contribution in [2.45, 2.75) is 17.7 Å². The maximum Gasteiger partial charge on any atom is 0.322 e. The van der Waals surface area contributed by atoms with E-state index in [9.17, 15) is 4.79 Å². The van der Waals surface area contributed by atoms with Crippen LogP contribution >= 0.6 is 11.8 Å². The summed E-state index contributed by atoms with van der Waals surface area (Å²) in [5.41, 5.74) is 0.697. The highest BCUT2D eigenvalue weighted by Crippen LogP contribution is 2.20. The maximum atomic E-state index is 11.9. The Morgan fingerprint density at radius 3 is 2.83 bits per heavy atom. The van der Waals surface area contributed by atoms with E-state index in [1.165, 1.54) is 4.90 Å². The summed E-state index contributed by atoms with van der Waals surface area (Å²) in [5.74, 6) is 1.07. The summed E-state index contributed by atoms with van der Waals surface area (Å²) in [6, 6.07) is 12.0. The molecule has 1 aromatic carbocycles. The number of amides is 1. The quantitative estimate of drug-likeness (QED) is 0.524. The van der Waals surface area contributed by atoms with Crippen LogP contribution in [0.5, 0.6) is 0 Å². The van der Waals surface area contributed by atoms with Gasteiger partial charge in [0.1, 0.15) is 5.69 Å². The molecule has 124 valence electrons. The number of hydrogen-bond acceptors (Lipinski definition) is 6. The zero-order valence-corrected chi connectivity index (χ0v) is 14.0. The molecule has 1 N–H and O–H groups in total. The second kappa shape index (κ2) is 7.78. The van der Waals surface area contributed by atoms with Gasteiger partial charge in [0, 0.05) is 24.6 Å². The Morgan fingerprint density at radius 2 is 2.08 bits per heavy atom. The lowest BCUT2D eigenvalue weighted by atomic mass is 10.3. The molecule has 24 heavy (non-hydrogen) atoms.